The number of urea groups is 1. The Balaban J connectivity index is 1.66. The zero-order valence-corrected chi connectivity index (χ0v) is 14.0. The Hall–Kier alpha value is -1.82. The summed E-state index contributed by atoms with van der Waals surface area (Å²) in [5.74, 6) is 0.121. The van der Waals surface area contributed by atoms with Crippen molar-refractivity contribution in [1.82, 2.24) is 4.90 Å². The molecule has 0 spiro atoms. The summed E-state index contributed by atoms with van der Waals surface area (Å²) in [6.07, 6.45) is 4.63. The molecule has 1 aromatic carbocycles. The molecule has 0 bridgehead atoms. The second-order valence-electron chi connectivity index (χ2n) is 6.83. The van der Waals surface area contributed by atoms with Gasteiger partial charge in [0.25, 0.3) is 0 Å². The van der Waals surface area contributed by atoms with E-state index in [1.165, 1.54) is 12.1 Å². The van der Waals surface area contributed by atoms with E-state index in [0.717, 1.165) is 32.1 Å². The van der Waals surface area contributed by atoms with Crippen LogP contribution in [-0.4, -0.2) is 41.3 Å². The normalized spacial score (nSPS) is 22.6. The molecule has 6 heteroatoms. The van der Waals surface area contributed by atoms with Crippen molar-refractivity contribution in [1.29, 1.82) is 0 Å². The molecular formula is C18H25FN2O3. The molecule has 1 aromatic rings. The number of rotatable bonds is 4. The van der Waals surface area contributed by atoms with Gasteiger partial charge in [0, 0.05) is 25.1 Å². The Morgan fingerprint density at radius 3 is 2.79 bits per heavy atom. The van der Waals surface area contributed by atoms with Crippen molar-refractivity contribution in [2.75, 3.05) is 18.4 Å². The van der Waals surface area contributed by atoms with Gasteiger partial charge in [0.05, 0.1) is 17.9 Å². The standard InChI is InChI=1S/C18H25FN2O3/c1-12(22)13-8-9-21(11-13)18(23)20-16-7-6-14(19)10-17(16)24-15-4-2-3-5-15/h6-7,10,12-13,15,22H,2-5,8-9,11H2,1H3,(H,20,23). The highest BCUT2D eigenvalue weighted by Crippen LogP contribution is 2.31. The average Bonchev–Trinajstić information content (AvgIpc) is 3.21. The quantitative estimate of drug-likeness (QED) is 0.886. The number of likely N-dealkylation sites (tertiary alicyclic amines) is 1. The Morgan fingerprint density at radius 2 is 2.12 bits per heavy atom. The van der Waals surface area contributed by atoms with Gasteiger partial charge in [-0.2, -0.15) is 0 Å². The molecule has 0 radical (unpaired) electrons. The first-order valence-electron chi connectivity index (χ1n) is 8.73. The predicted octanol–water partition coefficient (Wildman–Crippen LogP) is 3.38. The predicted molar refractivity (Wildman–Crippen MR) is 89.7 cm³/mol. The summed E-state index contributed by atoms with van der Waals surface area (Å²) in [7, 11) is 0. The first-order chi connectivity index (χ1) is 11.5. The van der Waals surface area contributed by atoms with Crippen LogP contribution in [0, 0.1) is 11.7 Å². The Labute approximate surface area is 141 Å². The monoisotopic (exact) mass is 336 g/mol. The topological polar surface area (TPSA) is 61.8 Å². The van der Waals surface area contributed by atoms with E-state index in [4.69, 9.17) is 4.74 Å². The van der Waals surface area contributed by atoms with Crippen LogP contribution in [0.3, 0.4) is 0 Å². The molecule has 1 aliphatic heterocycles. The molecule has 2 N–H and O–H groups in total. The van der Waals surface area contributed by atoms with E-state index in [1.807, 2.05) is 0 Å². The smallest absolute Gasteiger partial charge is 0.321 e. The first-order valence-corrected chi connectivity index (χ1v) is 8.73. The molecule has 2 atom stereocenters. The molecular weight excluding hydrogens is 311 g/mol. The fourth-order valence-electron chi connectivity index (χ4n) is 3.44. The second-order valence-corrected chi connectivity index (χ2v) is 6.83. The van der Waals surface area contributed by atoms with E-state index in [1.54, 1.807) is 17.9 Å². The Bertz CT molecular complexity index is 588. The maximum atomic E-state index is 13.6. The zero-order chi connectivity index (χ0) is 17.1. The largest absolute Gasteiger partial charge is 0.488 e. The van der Waals surface area contributed by atoms with Crippen LogP contribution in [0.1, 0.15) is 39.0 Å². The molecule has 24 heavy (non-hydrogen) atoms. The van der Waals surface area contributed by atoms with E-state index in [-0.39, 0.29) is 23.9 Å². The molecule has 3 rings (SSSR count). The van der Waals surface area contributed by atoms with Crippen LogP contribution in [-0.2, 0) is 0 Å². The summed E-state index contributed by atoms with van der Waals surface area (Å²) < 4.78 is 19.5. The lowest BCUT2D eigenvalue weighted by molar-refractivity contribution is 0.130. The van der Waals surface area contributed by atoms with Crippen molar-refractivity contribution in [3.8, 4) is 5.75 Å². The molecule has 1 aliphatic carbocycles. The lowest BCUT2D eigenvalue weighted by Gasteiger charge is -2.21. The van der Waals surface area contributed by atoms with Gasteiger partial charge in [-0.3, -0.25) is 0 Å². The number of hydrogen-bond acceptors (Lipinski definition) is 3. The number of nitrogens with one attached hydrogen (secondary N) is 1. The zero-order valence-electron chi connectivity index (χ0n) is 14.0. The van der Waals surface area contributed by atoms with Crippen molar-refractivity contribution in [3.63, 3.8) is 0 Å². The second kappa shape index (κ2) is 7.38. The lowest BCUT2D eigenvalue weighted by Crippen LogP contribution is -2.34. The minimum atomic E-state index is -0.421. The van der Waals surface area contributed by atoms with Crippen LogP contribution in [0.5, 0.6) is 5.75 Å². The van der Waals surface area contributed by atoms with Gasteiger partial charge in [0.1, 0.15) is 11.6 Å². The van der Waals surface area contributed by atoms with E-state index >= 15 is 0 Å². The van der Waals surface area contributed by atoms with E-state index in [0.29, 0.717) is 24.5 Å². The van der Waals surface area contributed by atoms with Gasteiger partial charge in [0.15, 0.2) is 0 Å². The molecule has 1 saturated heterocycles. The van der Waals surface area contributed by atoms with Gasteiger partial charge in [0.2, 0.25) is 0 Å². The third-order valence-corrected chi connectivity index (χ3v) is 4.98. The lowest BCUT2D eigenvalue weighted by atomic mass is 10.0. The van der Waals surface area contributed by atoms with Crippen LogP contribution < -0.4 is 10.1 Å². The maximum absolute atomic E-state index is 13.6. The number of hydrogen-bond donors (Lipinski definition) is 2. The third-order valence-electron chi connectivity index (χ3n) is 4.98. The van der Waals surface area contributed by atoms with Gasteiger partial charge < -0.3 is 20.1 Å². The number of anilines is 1. The highest BCUT2D eigenvalue weighted by Gasteiger charge is 2.29. The molecule has 132 valence electrons. The minimum Gasteiger partial charge on any atom is -0.488 e. The van der Waals surface area contributed by atoms with Crippen LogP contribution in [0.2, 0.25) is 0 Å². The Kier molecular flexibility index (Phi) is 5.23. The SMILES string of the molecule is CC(O)C1CCN(C(=O)Nc2ccc(F)cc2OC2CCCC2)C1. The van der Waals surface area contributed by atoms with Crippen molar-refractivity contribution >= 4 is 11.7 Å². The van der Waals surface area contributed by atoms with Crippen molar-refractivity contribution < 1.29 is 19.0 Å². The number of aliphatic hydroxyl groups excluding tert-OH is 1. The number of carbonyl (C=O) groups excluding carboxylic acids is 1. The fourth-order valence-corrected chi connectivity index (χ4v) is 3.44. The van der Waals surface area contributed by atoms with Gasteiger partial charge in [-0.05, 0) is 51.2 Å². The number of aliphatic hydroxyl groups is 1. The highest BCUT2D eigenvalue weighted by molar-refractivity contribution is 5.91. The van der Waals surface area contributed by atoms with Crippen LogP contribution in [0.4, 0.5) is 14.9 Å². The summed E-state index contributed by atoms with van der Waals surface area (Å²) in [6.45, 7) is 2.89. The molecule has 1 heterocycles. The number of ether oxygens (including phenoxy) is 1. The fraction of sp³-hybridized carbons (Fsp3) is 0.611. The van der Waals surface area contributed by atoms with Gasteiger partial charge in [-0.15, -0.1) is 0 Å². The number of amides is 2. The van der Waals surface area contributed by atoms with E-state index in [2.05, 4.69) is 5.32 Å². The maximum Gasteiger partial charge on any atom is 0.321 e. The summed E-state index contributed by atoms with van der Waals surface area (Å²) in [6, 6.07) is 3.96. The van der Waals surface area contributed by atoms with Crippen LogP contribution >= 0.6 is 0 Å². The van der Waals surface area contributed by atoms with Gasteiger partial charge in [-0.1, -0.05) is 0 Å². The molecule has 2 amide bonds. The molecule has 2 aliphatic rings. The summed E-state index contributed by atoms with van der Waals surface area (Å²) in [4.78, 5) is 14.1. The Morgan fingerprint density at radius 1 is 1.38 bits per heavy atom. The molecule has 0 aromatic heterocycles. The number of carbonyl (C=O) groups is 1. The summed E-state index contributed by atoms with van der Waals surface area (Å²) >= 11 is 0. The van der Waals surface area contributed by atoms with E-state index < -0.39 is 6.10 Å². The molecule has 2 unspecified atom stereocenters. The number of benzene rings is 1. The van der Waals surface area contributed by atoms with Crippen molar-refractivity contribution in [2.45, 2.75) is 51.2 Å². The minimum absolute atomic E-state index is 0.0915. The van der Waals surface area contributed by atoms with Gasteiger partial charge in [-0.25, -0.2) is 9.18 Å². The van der Waals surface area contributed by atoms with Gasteiger partial charge >= 0.3 is 6.03 Å². The summed E-state index contributed by atoms with van der Waals surface area (Å²) in [5.41, 5.74) is 0.494. The number of nitrogens with zero attached hydrogens (tertiary/aromatic N) is 1. The highest BCUT2D eigenvalue weighted by atomic mass is 19.1. The van der Waals surface area contributed by atoms with Crippen LogP contribution in [0.15, 0.2) is 18.2 Å². The van der Waals surface area contributed by atoms with Crippen molar-refractivity contribution in [3.05, 3.63) is 24.0 Å². The molecule has 1 saturated carbocycles. The molecule has 5 nitrogen and oxygen atoms in total. The summed E-state index contributed by atoms with van der Waals surface area (Å²) in [5, 5.41) is 12.5. The number of halogens is 1. The average molecular weight is 336 g/mol. The molecule has 2 fully saturated rings. The van der Waals surface area contributed by atoms with E-state index in [9.17, 15) is 14.3 Å². The first kappa shape index (κ1) is 17.0. The van der Waals surface area contributed by atoms with Crippen molar-refractivity contribution in [2.24, 2.45) is 5.92 Å². The third kappa shape index (κ3) is 3.98. The van der Waals surface area contributed by atoms with Crippen LogP contribution in [0.25, 0.3) is 0 Å².